The zero-order valence-corrected chi connectivity index (χ0v) is 9.72. The second-order valence-corrected chi connectivity index (χ2v) is 3.83. The monoisotopic (exact) mass is 292 g/mol. The summed E-state index contributed by atoms with van der Waals surface area (Å²) in [5, 5.41) is 12.0. The van der Waals surface area contributed by atoms with Gasteiger partial charge in [0, 0.05) is 11.8 Å². The summed E-state index contributed by atoms with van der Waals surface area (Å²) in [5.41, 5.74) is -1.90. The number of hydrogen-bond donors (Lipinski definition) is 1. The van der Waals surface area contributed by atoms with E-state index in [1.165, 1.54) is 6.92 Å². The Morgan fingerprint density at radius 1 is 1.05 bits per heavy atom. The first-order chi connectivity index (χ1) is 9.25. The lowest BCUT2D eigenvalue weighted by molar-refractivity contribution is 0.0689. The Morgan fingerprint density at radius 3 is 1.90 bits per heavy atom. The fraction of sp³-hybridized carbons (Fsp3) is 0.0909. The van der Waals surface area contributed by atoms with Gasteiger partial charge in [-0.2, -0.15) is 5.10 Å². The van der Waals surface area contributed by atoms with Crippen LogP contribution in [0.5, 0.6) is 0 Å². The average Bonchev–Trinajstić information content (AvgIpc) is 2.76. The van der Waals surface area contributed by atoms with Crippen LogP contribution in [0.15, 0.2) is 6.20 Å². The zero-order valence-electron chi connectivity index (χ0n) is 9.72. The second kappa shape index (κ2) is 4.58. The Labute approximate surface area is 108 Å². The minimum absolute atomic E-state index is 0.00133. The van der Waals surface area contributed by atoms with Crippen LogP contribution in [0.3, 0.4) is 0 Å². The maximum absolute atomic E-state index is 13.5. The highest BCUT2D eigenvalue weighted by Crippen LogP contribution is 2.26. The molecule has 1 heterocycles. The first kappa shape index (κ1) is 14.0. The van der Waals surface area contributed by atoms with Gasteiger partial charge in [0.25, 0.3) is 0 Å². The summed E-state index contributed by atoms with van der Waals surface area (Å²) >= 11 is 0. The molecule has 0 aliphatic carbocycles. The second-order valence-electron chi connectivity index (χ2n) is 3.83. The number of aromatic carboxylic acids is 1. The van der Waals surface area contributed by atoms with Gasteiger partial charge in [0.15, 0.2) is 29.0 Å². The van der Waals surface area contributed by atoms with Crippen LogP contribution >= 0.6 is 0 Å². The first-order valence-corrected chi connectivity index (χ1v) is 5.07. The normalized spacial score (nSPS) is 10.9. The van der Waals surface area contributed by atoms with Crippen LogP contribution < -0.4 is 0 Å². The largest absolute Gasteiger partial charge is 0.476 e. The molecule has 0 amide bonds. The maximum atomic E-state index is 13.5. The van der Waals surface area contributed by atoms with Crippen LogP contribution in [-0.4, -0.2) is 20.9 Å². The molecule has 0 fully saturated rings. The third kappa shape index (κ3) is 1.91. The van der Waals surface area contributed by atoms with Crippen molar-refractivity contribution in [3.8, 4) is 5.69 Å². The molecule has 0 aliphatic rings. The van der Waals surface area contributed by atoms with Crippen molar-refractivity contribution in [2.45, 2.75) is 6.92 Å². The molecule has 0 spiro atoms. The number of nitrogens with zero attached hydrogens (tertiary/aromatic N) is 2. The molecule has 0 radical (unpaired) electrons. The maximum Gasteiger partial charge on any atom is 0.356 e. The van der Waals surface area contributed by atoms with Gasteiger partial charge in [-0.15, -0.1) is 0 Å². The third-order valence-electron chi connectivity index (χ3n) is 2.52. The van der Waals surface area contributed by atoms with Crippen molar-refractivity contribution in [3.05, 3.63) is 46.5 Å². The number of aryl methyl sites for hydroxylation is 1. The molecule has 9 heteroatoms. The smallest absolute Gasteiger partial charge is 0.356 e. The minimum Gasteiger partial charge on any atom is -0.476 e. The summed E-state index contributed by atoms with van der Waals surface area (Å²) in [6.07, 6.45) is 0.849. The van der Waals surface area contributed by atoms with Gasteiger partial charge in [-0.3, -0.25) is 0 Å². The van der Waals surface area contributed by atoms with Gasteiger partial charge in [-0.05, 0) is 6.92 Å². The molecule has 4 nitrogen and oxygen atoms in total. The molecular formula is C11H5F5N2O2. The predicted molar refractivity (Wildman–Crippen MR) is 55.1 cm³/mol. The lowest BCUT2D eigenvalue weighted by Crippen LogP contribution is -2.11. The standard InChI is InChI=1S/C11H5F5N2O2/c1-3-2-18(17-9(3)11(19)20)10-7(15)5(13)4(12)6(14)8(10)16/h2H,1H3,(H,19,20). The van der Waals surface area contributed by atoms with Crippen LogP contribution in [0.25, 0.3) is 5.69 Å². The summed E-state index contributed by atoms with van der Waals surface area (Å²) in [4.78, 5) is 10.8. The van der Waals surface area contributed by atoms with Crippen molar-refractivity contribution in [2.75, 3.05) is 0 Å². The SMILES string of the molecule is Cc1cn(-c2c(F)c(F)c(F)c(F)c2F)nc1C(=O)O. The van der Waals surface area contributed by atoms with E-state index in [0.29, 0.717) is 4.68 Å². The Balaban J connectivity index is 2.77. The molecule has 1 N–H and O–H groups in total. The molecule has 0 aliphatic heterocycles. The fourth-order valence-electron chi connectivity index (χ4n) is 1.58. The Hall–Kier alpha value is -2.45. The fourth-order valence-corrected chi connectivity index (χ4v) is 1.58. The highest BCUT2D eigenvalue weighted by atomic mass is 19.2. The summed E-state index contributed by atoms with van der Waals surface area (Å²) in [7, 11) is 0. The number of carboxylic acids is 1. The summed E-state index contributed by atoms with van der Waals surface area (Å²) in [6.45, 7) is 1.26. The number of aromatic nitrogens is 2. The third-order valence-corrected chi connectivity index (χ3v) is 2.52. The molecule has 0 saturated carbocycles. The minimum atomic E-state index is -2.30. The predicted octanol–water partition coefficient (Wildman–Crippen LogP) is 2.57. The number of benzene rings is 1. The molecule has 1 aromatic heterocycles. The van der Waals surface area contributed by atoms with Crippen molar-refractivity contribution >= 4 is 5.97 Å². The van der Waals surface area contributed by atoms with Crippen molar-refractivity contribution in [1.82, 2.24) is 9.78 Å². The van der Waals surface area contributed by atoms with E-state index in [0.717, 1.165) is 6.20 Å². The van der Waals surface area contributed by atoms with Gasteiger partial charge in [-0.1, -0.05) is 0 Å². The Kier molecular flexibility index (Phi) is 3.20. The lowest BCUT2D eigenvalue weighted by Gasteiger charge is -2.07. The number of rotatable bonds is 2. The van der Waals surface area contributed by atoms with E-state index >= 15 is 0 Å². The molecule has 2 aromatic rings. The van der Waals surface area contributed by atoms with Gasteiger partial charge in [0.1, 0.15) is 5.69 Å². The molecular weight excluding hydrogens is 287 g/mol. The molecule has 0 bridgehead atoms. The van der Waals surface area contributed by atoms with E-state index in [4.69, 9.17) is 5.11 Å². The quantitative estimate of drug-likeness (QED) is 0.526. The average molecular weight is 292 g/mol. The van der Waals surface area contributed by atoms with Crippen LogP contribution in [0, 0.1) is 36.0 Å². The number of halogens is 5. The van der Waals surface area contributed by atoms with E-state index in [9.17, 15) is 26.7 Å². The van der Waals surface area contributed by atoms with Gasteiger partial charge >= 0.3 is 5.97 Å². The molecule has 20 heavy (non-hydrogen) atoms. The van der Waals surface area contributed by atoms with Crippen molar-refractivity contribution < 1.29 is 31.9 Å². The lowest BCUT2D eigenvalue weighted by atomic mass is 10.2. The topological polar surface area (TPSA) is 55.1 Å². The van der Waals surface area contributed by atoms with Crippen LogP contribution in [0.1, 0.15) is 16.1 Å². The van der Waals surface area contributed by atoms with E-state index < -0.39 is 46.4 Å². The van der Waals surface area contributed by atoms with Crippen molar-refractivity contribution in [3.63, 3.8) is 0 Å². The summed E-state index contributed by atoms with van der Waals surface area (Å²) in [5.74, 6) is -12.3. The molecule has 1 aromatic carbocycles. The molecule has 0 saturated heterocycles. The molecule has 2 rings (SSSR count). The van der Waals surface area contributed by atoms with E-state index in [2.05, 4.69) is 5.10 Å². The van der Waals surface area contributed by atoms with Gasteiger partial charge < -0.3 is 5.11 Å². The zero-order chi connectivity index (χ0) is 15.2. The van der Waals surface area contributed by atoms with Crippen molar-refractivity contribution in [2.24, 2.45) is 0 Å². The molecule has 106 valence electrons. The molecule has 0 atom stereocenters. The van der Waals surface area contributed by atoms with Gasteiger partial charge in [-0.25, -0.2) is 31.4 Å². The first-order valence-electron chi connectivity index (χ1n) is 5.07. The van der Waals surface area contributed by atoms with E-state index in [1.54, 1.807) is 0 Å². The Morgan fingerprint density at radius 2 is 1.50 bits per heavy atom. The van der Waals surface area contributed by atoms with Crippen LogP contribution in [0.2, 0.25) is 0 Å². The number of carboxylic acid groups (broad SMARTS) is 1. The van der Waals surface area contributed by atoms with Crippen molar-refractivity contribution in [1.29, 1.82) is 0 Å². The summed E-state index contributed by atoms with van der Waals surface area (Å²) in [6, 6.07) is 0. The van der Waals surface area contributed by atoms with E-state index in [-0.39, 0.29) is 5.56 Å². The molecule has 0 unspecified atom stereocenters. The van der Waals surface area contributed by atoms with Crippen LogP contribution in [-0.2, 0) is 0 Å². The highest BCUT2D eigenvalue weighted by Gasteiger charge is 2.28. The van der Waals surface area contributed by atoms with Gasteiger partial charge in [0.05, 0.1) is 0 Å². The Bertz CT molecular complexity index is 697. The van der Waals surface area contributed by atoms with E-state index in [1.807, 2.05) is 0 Å². The van der Waals surface area contributed by atoms with Gasteiger partial charge in [0.2, 0.25) is 5.82 Å². The highest BCUT2D eigenvalue weighted by molar-refractivity contribution is 5.86. The number of carbonyl (C=O) groups is 1. The van der Waals surface area contributed by atoms with Crippen LogP contribution in [0.4, 0.5) is 22.0 Å². The number of hydrogen-bond acceptors (Lipinski definition) is 2. The summed E-state index contributed by atoms with van der Waals surface area (Å²) < 4.78 is 66.2.